The van der Waals surface area contributed by atoms with E-state index in [-0.39, 0.29) is 5.91 Å². The predicted octanol–water partition coefficient (Wildman–Crippen LogP) is 0.747. The van der Waals surface area contributed by atoms with Gasteiger partial charge in [0, 0.05) is 0 Å². The molecule has 1 aliphatic heterocycles. The Hall–Kier alpha value is -1.62. The fourth-order valence-electron chi connectivity index (χ4n) is 1.46. The molecule has 16 heavy (non-hydrogen) atoms. The number of carbonyl (C=O) groups excluding carboxylic acids is 1. The highest BCUT2D eigenvalue weighted by Crippen LogP contribution is 2.14. The smallest absolute Gasteiger partial charge is 0.269 e. The van der Waals surface area contributed by atoms with E-state index < -0.39 is 6.10 Å². The van der Waals surface area contributed by atoms with Crippen molar-refractivity contribution in [2.24, 2.45) is 0 Å². The minimum Gasteiger partial charge on any atom is -0.479 e. The van der Waals surface area contributed by atoms with Crippen molar-refractivity contribution in [2.45, 2.75) is 13.0 Å². The van der Waals surface area contributed by atoms with Crippen LogP contribution in [-0.2, 0) is 4.79 Å². The van der Waals surface area contributed by atoms with Crippen molar-refractivity contribution < 1.29 is 9.53 Å². The quantitative estimate of drug-likeness (QED) is 0.744. The summed E-state index contributed by atoms with van der Waals surface area (Å²) < 4.78 is 5.56. The molecule has 2 rings (SSSR count). The summed E-state index contributed by atoms with van der Waals surface area (Å²) in [4.78, 5) is 11.5. The molecule has 0 radical (unpaired) electrons. The van der Waals surface area contributed by atoms with Crippen molar-refractivity contribution in [2.75, 3.05) is 6.54 Å². The third-order valence-corrected chi connectivity index (χ3v) is 2.49. The Kier molecular flexibility index (Phi) is 3.05. The maximum Gasteiger partial charge on any atom is 0.269 e. The van der Waals surface area contributed by atoms with Gasteiger partial charge in [-0.15, -0.1) is 0 Å². The second-order valence-electron chi connectivity index (χ2n) is 3.62. The maximum absolute atomic E-state index is 11.5. The van der Waals surface area contributed by atoms with Gasteiger partial charge in [0.05, 0.1) is 6.54 Å². The van der Waals surface area contributed by atoms with E-state index in [9.17, 15) is 4.79 Å². The molecule has 0 spiro atoms. The van der Waals surface area contributed by atoms with E-state index in [0.29, 0.717) is 17.4 Å². The lowest BCUT2D eigenvalue weighted by Crippen LogP contribution is -2.56. The number of thiocarbonyl (C=S) groups is 1. The van der Waals surface area contributed by atoms with Crippen molar-refractivity contribution >= 4 is 23.2 Å². The molecule has 4 nitrogen and oxygen atoms in total. The maximum atomic E-state index is 11.5. The van der Waals surface area contributed by atoms with Gasteiger partial charge >= 0.3 is 0 Å². The lowest BCUT2D eigenvalue weighted by molar-refractivity contribution is -0.127. The highest BCUT2D eigenvalue weighted by atomic mass is 32.1. The highest BCUT2D eigenvalue weighted by Gasteiger charge is 2.25. The fourth-order valence-corrected chi connectivity index (χ4v) is 1.65. The number of hydrogen-bond donors (Lipinski definition) is 2. The molecule has 1 amide bonds. The first-order valence-electron chi connectivity index (χ1n) is 4.97. The molecule has 84 valence electrons. The Morgan fingerprint density at radius 2 is 2.31 bits per heavy atom. The van der Waals surface area contributed by atoms with E-state index >= 15 is 0 Å². The Balaban J connectivity index is 2.05. The van der Waals surface area contributed by atoms with E-state index in [4.69, 9.17) is 17.0 Å². The zero-order chi connectivity index (χ0) is 11.5. The Morgan fingerprint density at radius 3 is 3.00 bits per heavy atom. The normalized spacial score (nSPS) is 19.9. The summed E-state index contributed by atoms with van der Waals surface area (Å²) in [7, 11) is 0. The molecule has 5 heteroatoms. The van der Waals surface area contributed by atoms with E-state index in [0.717, 1.165) is 5.56 Å². The lowest BCUT2D eigenvalue weighted by atomic mass is 10.2. The number of rotatable bonds is 2. The van der Waals surface area contributed by atoms with Crippen molar-refractivity contribution in [1.29, 1.82) is 0 Å². The van der Waals surface area contributed by atoms with Crippen molar-refractivity contribution in [3.63, 3.8) is 0 Å². The second kappa shape index (κ2) is 4.49. The summed E-state index contributed by atoms with van der Waals surface area (Å²) in [6, 6.07) is 7.58. The summed E-state index contributed by atoms with van der Waals surface area (Å²) in [6.45, 7) is 2.37. The van der Waals surface area contributed by atoms with E-state index in [1.54, 1.807) is 0 Å². The van der Waals surface area contributed by atoms with Crippen LogP contribution in [-0.4, -0.2) is 23.7 Å². The van der Waals surface area contributed by atoms with Crippen molar-refractivity contribution in [3.8, 4) is 5.75 Å². The number of hydrogen-bond acceptors (Lipinski definition) is 3. The van der Waals surface area contributed by atoms with Gasteiger partial charge in [0.25, 0.3) is 5.91 Å². The third kappa shape index (κ3) is 2.49. The average molecular weight is 236 g/mol. The van der Waals surface area contributed by atoms with Gasteiger partial charge in [0.2, 0.25) is 0 Å². The molecule has 1 aliphatic rings. The number of amides is 1. The Morgan fingerprint density at radius 1 is 1.50 bits per heavy atom. The number of aryl methyl sites for hydroxylation is 1. The van der Waals surface area contributed by atoms with Crippen molar-refractivity contribution in [1.82, 2.24) is 10.6 Å². The first-order chi connectivity index (χ1) is 7.65. The van der Waals surface area contributed by atoms with Crippen LogP contribution < -0.4 is 15.4 Å². The Labute approximate surface area is 99.0 Å². The van der Waals surface area contributed by atoms with E-state index in [2.05, 4.69) is 10.6 Å². The summed E-state index contributed by atoms with van der Waals surface area (Å²) in [5.74, 6) is 0.486. The molecular weight excluding hydrogens is 224 g/mol. The molecule has 2 N–H and O–H groups in total. The van der Waals surface area contributed by atoms with Crippen LogP contribution in [0.15, 0.2) is 24.3 Å². The van der Waals surface area contributed by atoms with Crippen LogP contribution in [0.5, 0.6) is 5.75 Å². The summed E-state index contributed by atoms with van der Waals surface area (Å²) >= 11 is 4.82. The number of ether oxygens (including phenoxy) is 1. The molecular formula is C11H12N2O2S. The van der Waals surface area contributed by atoms with Gasteiger partial charge in [0.1, 0.15) is 5.75 Å². The molecule has 0 aliphatic carbocycles. The summed E-state index contributed by atoms with van der Waals surface area (Å²) in [5, 5.41) is 5.75. The minimum atomic E-state index is -0.534. The first kappa shape index (κ1) is 10.9. The van der Waals surface area contributed by atoms with Gasteiger partial charge < -0.3 is 10.1 Å². The standard InChI is InChI=1S/C11H12N2O2S/c1-7-3-2-4-8(5-7)15-9-6-12-11(16)13-10(9)14/h2-5,9H,6H2,1H3,(H2,12,13,14,16). The van der Waals surface area contributed by atoms with Gasteiger partial charge in [0.15, 0.2) is 11.2 Å². The zero-order valence-electron chi connectivity index (χ0n) is 8.82. The molecule has 0 bridgehead atoms. The number of nitrogens with one attached hydrogen (secondary N) is 2. The number of benzene rings is 1. The van der Waals surface area contributed by atoms with Gasteiger partial charge in [-0.2, -0.15) is 0 Å². The summed E-state index contributed by atoms with van der Waals surface area (Å²) in [6.07, 6.45) is -0.534. The molecule has 1 unspecified atom stereocenters. The SMILES string of the molecule is Cc1cccc(OC2CNC(=S)NC2=O)c1. The predicted molar refractivity (Wildman–Crippen MR) is 64.3 cm³/mol. The van der Waals surface area contributed by atoms with Gasteiger partial charge in [-0.3, -0.25) is 10.1 Å². The largest absolute Gasteiger partial charge is 0.479 e. The van der Waals surface area contributed by atoms with Crippen LogP contribution in [0.3, 0.4) is 0 Å². The summed E-state index contributed by atoms with van der Waals surface area (Å²) in [5.41, 5.74) is 1.09. The van der Waals surface area contributed by atoms with Crippen LogP contribution in [0.4, 0.5) is 0 Å². The van der Waals surface area contributed by atoms with Crippen molar-refractivity contribution in [3.05, 3.63) is 29.8 Å². The van der Waals surface area contributed by atoms with Crippen LogP contribution in [0, 0.1) is 6.92 Å². The molecule has 0 aromatic heterocycles. The monoisotopic (exact) mass is 236 g/mol. The average Bonchev–Trinajstić information content (AvgIpc) is 2.22. The molecule has 1 saturated heterocycles. The lowest BCUT2D eigenvalue weighted by Gasteiger charge is -2.24. The minimum absolute atomic E-state index is 0.203. The van der Waals surface area contributed by atoms with Crippen LogP contribution in [0.1, 0.15) is 5.56 Å². The molecule has 1 heterocycles. The first-order valence-corrected chi connectivity index (χ1v) is 5.38. The fraction of sp³-hybridized carbons (Fsp3) is 0.273. The van der Waals surface area contributed by atoms with Gasteiger partial charge in [-0.05, 0) is 36.8 Å². The van der Waals surface area contributed by atoms with Crippen LogP contribution in [0.25, 0.3) is 0 Å². The van der Waals surface area contributed by atoms with Gasteiger partial charge in [-0.25, -0.2) is 0 Å². The topological polar surface area (TPSA) is 50.4 Å². The highest BCUT2D eigenvalue weighted by molar-refractivity contribution is 7.80. The zero-order valence-corrected chi connectivity index (χ0v) is 9.64. The van der Waals surface area contributed by atoms with Crippen LogP contribution in [0.2, 0.25) is 0 Å². The molecule has 1 atom stereocenters. The van der Waals surface area contributed by atoms with Gasteiger partial charge in [-0.1, -0.05) is 12.1 Å². The van der Waals surface area contributed by atoms with E-state index in [1.807, 2.05) is 31.2 Å². The Bertz CT molecular complexity index is 434. The third-order valence-electron chi connectivity index (χ3n) is 2.25. The molecule has 1 aromatic rings. The molecule has 1 aromatic carbocycles. The van der Waals surface area contributed by atoms with E-state index in [1.165, 1.54) is 0 Å². The van der Waals surface area contributed by atoms with Crippen LogP contribution >= 0.6 is 12.2 Å². The molecule has 0 saturated carbocycles. The number of carbonyl (C=O) groups is 1. The molecule has 1 fully saturated rings. The second-order valence-corrected chi connectivity index (χ2v) is 4.03.